The maximum atomic E-state index is 12.6. The number of urea groups is 1. The summed E-state index contributed by atoms with van der Waals surface area (Å²) in [6, 6.07) is 6.22. The number of allylic oxidation sites excluding steroid dienone is 3. The highest BCUT2D eigenvalue weighted by atomic mass is 35.5. The number of hydrogen-bond acceptors (Lipinski definition) is 3. The lowest BCUT2D eigenvalue weighted by Gasteiger charge is -2.60. The van der Waals surface area contributed by atoms with Crippen LogP contribution in [0.2, 0.25) is 5.02 Å². The van der Waals surface area contributed by atoms with Gasteiger partial charge in [0.25, 0.3) is 0 Å². The number of fused-ring (bicyclic) bond motifs is 3. The third-order valence-electron chi connectivity index (χ3n) is 8.91. The number of carbonyl (C=O) groups is 2. The van der Waals surface area contributed by atoms with Gasteiger partial charge in [0.2, 0.25) is 0 Å². The van der Waals surface area contributed by atoms with Crippen molar-refractivity contribution >= 4 is 29.4 Å². The largest absolute Gasteiger partial charge is 0.445 e. The van der Waals surface area contributed by atoms with Gasteiger partial charge < -0.3 is 10.1 Å². The Labute approximate surface area is 208 Å². The fourth-order valence-corrected chi connectivity index (χ4v) is 7.18. The van der Waals surface area contributed by atoms with Gasteiger partial charge in [0.15, 0.2) is 0 Å². The first-order valence-corrected chi connectivity index (χ1v) is 12.7. The summed E-state index contributed by atoms with van der Waals surface area (Å²) in [5.41, 5.74) is 2.16. The van der Waals surface area contributed by atoms with E-state index in [2.05, 4.69) is 57.1 Å². The van der Waals surface area contributed by atoms with E-state index in [9.17, 15) is 9.59 Å². The molecule has 3 aliphatic rings. The average molecular weight is 485 g/mol. The molecule has 0 bridgehead atoms. The number of amides is 3. The third kappa shape index (κ3) is 4.51. The number of anilines is 1. The predicted octanol–water partition coefficient (Wildman–Crippen LogP) is 7.73. The summed E-state index contributed by atoms with van der Waals surface area (Å²) in [4.78, 5) is 24.9. The molecule has 184 valence electrons. The van der Waals surface area contributed by atoms with Crippen molar-refractivity contribution in [2.45, 2.75) is 72.3 Å². The molecule has 6 heteroatoms. The molecule has 5 nitrogen and oxygen atoms in total. The van der Waals surface area contributed by atoms with E-state index in [0.717, 1.165) is 32.1 Å². The van der Waals surface area contributed by atoms with Crippen molar-refractivity contribution in [2.24, 2.45) is 28.1 Å². The molecule has 3 aliphatic carbocycles. The number of benzene rings is 1. The molecule has 34 heavy (non-hydrogen) atoms. The number of alkyl carbamates (subject to hydrolysis) is 1. The maximum absolute atomic E-state index is 12.6. The fraction of sp³-hybridized carbons (Fsp3) is 0.571. The monoisotopic (exact) mass is 484 g/mol. The highest BCUT2D eigenvalue weighted by Crippen LogP contribution is 2.64. The van der Waals surface area contributed by atoms with E-state index in [0.29, 0.717) is 22.5 Å². The van der Waals surface area contributed by atoms with E-state index in [1.165, 1.54) is 6.42 Å². The van der Waals surface area contributed by atoms with Crippen LogP contribution in [0.3, 0.4) is 0 Å². The van der Waals surface area contributed by atoms with Crippen LogP contribution in [0.1, 0.15) is 66.2 Å². The van der Waals surface area contributed by atoms with E-state index in [1.807, 2.05) is 0 Å². The van der Waals surface area contributed by atoms with E-state index >= 15 is 0 Å². The lowest BCUT2D eigenvalue weighted by atomic mass is 9.46. The zero-order valence-corrected chi connectivity index (χ0v) is 21.5. The number of imide groups is 1. The topological polar surface area (TPSA) is 67.4 Å². The van der Waals surface area contributed by atoms with Crippen LogP contribution < -0.4 is 10.6 Å². The van der Waals surface area contributed by atoms with Gasteiger partial charge in [-0.25, -0.2) is 14.9 Å². The van der Waals surface area contributed by atoms with E-state index in [4.69, 9.17) is 16.3 Å². The Bertz CT molecular complexity index is 1020. The van der Waals surface area contributed by atoms with Gasteiger partial charge in [0, 0.05) is 5.41 Å². The minimum absolute atomic E-state index is 0.118. The second-order valence-electron chi connectivity index (χ2n) is 11.5. The molecule has 0 aromatic heterocycles. The van der Waals surface area contributed by atoms with Gasteiger partial charge in [-0.15, -0.1) is 6.58 Å². The summed E-state index contributed by atoms with van der Waals surface area (Å²) >= 11 is 6.08. The Morgan fingerprint density at radius 2 is 1.88 bits per heavy atom. The number of nitrogens with one attached hydrogen (secondary N) is 2. The van der Waals surface area contributed by atoms with Gasteiger partial charge in [-0.3, -0.25) is 0 Å². The third-order valence-corrected chi connectivity index (χ3v) is 9.24. The number of ether oxygens (including phenoxy) is 1. The average Bonchev–Trinajstić information content (AvgIpc) is 2.77. The summed E-state index contributed by atoms with van der Waals surface area (Å²) in [5.74, 6) is 1.03. The first kappa shape index (κ1) is 24.8. The summed E-state index contributed by atoms with van der Waals surface area (Å²) in [6.07, 6.45) is 9.92. The Morgan fingerprint density at radius 3 is 2.59 bits per heavy atom. The van der Waals surface area contributed by atoms with Crippen molar-refractivity contribution in [3.63, 3.8) is 0 Å². The summed E-state index contributed by atoms with van der Waals surface area (Å²) in [5, 5.41) is 5.29. The molecule has 3 amide bonds. The lowest BCUT2D eigenvalue weighted by Crippen LogP contribution is -2.55. The molecular formula is C28H37ClN2O3. The van der Waals surface area contributed by atoms with Crippen LogP contribution in [0, 0.1) is 28.1 Å². The Balaban J connectivity index is 1.43. The van der Waals surface area contributed by atoms with Crippen molar-refractivity contribution < 1.29 is 14.3 Å². The Hall–Kier alpha value is -2.27. The highest BCUT2D eigenvalue weighted by molar-refractivity contribution is 6.33. The van der Waals surface area contributed by atoms with Crippen molar-refractivity contribution in [1.29, 1.82) is 0 Å². The van der Waals surface area contributed by atoms with Gasteiger partial charge in [-0.2, -0.15) is 0 Å². The molecule has 0 aliphatic heterocycles. The molecule has 5 atom stereocenters. The van der Waals surface area contributed by atoms with Gasteiger partial charge in [0.1, 0.15) is 6.10 Å². The minimum Gasteiger partial charge on any atom is -0.445 e. The van der Waals surface area contributed by atoms with E-state index in [1.54, 1.807) is 29.8 Å². The maximum Gasteiger partial charge on any atom is 0.415 e. The van der Waals surface area contributed by atoms with Crippen LogP contribution >= 0.6 is 11.6 Å². The number of halogens is 1. The second kappa shape index (κ2) is 9.07. The van der Waals surface area contributed by atoms with Crippen molar-refractivity contribution in [1.82, 2.24) is 5.32 Å². The smallest absolute Gasteiger partial charge is 0.415 e. The number of rotatable bonds is 3. The lowest BCUT2D eigenvalue weighted by molar-refractivity contribution is -0.103. The summed E-state index contributed by atoms with van der Waals surface area (Å²) < 4.78 is 5.85. The fourth-order valence-electron chi connectivity index (χ4n) is 6.99. The van der Waals surface area contributed by atoms with Crippen LogP contribution in [0.15, 0.2) is 48.6 Å². The zero-order valence-electron chi connectivity index (χ0n) is 20.7. The van der Waals surface area contributed by atoms with E-state index in [-0.39, 0.29) is 22.3 Å². The van der Waals surface area contributed by atoms with Crippen molar-refractivity contribution in [3.05, 3.63) is 53.6 Å². The van der Waals surface area contributed by atoms with Gasteiger partial charge >= 0.3 is 12.1 Å². The molecule has 1 aromatic rings. The molecule has 0 saturated heterocycles. The Kier molecular flexibility index (Phi) is 6.63. The molecule has 1 aromatic carbocycles. The second-order valence-corrected chi connectivity index (χ2v) is 11.9. The molecule has 4 rings (SSSR count). The molecule has 0 heterocycles. The summed E-state index contributed by atoms with van der Waals surface area (Å²) in [7, 11) is 0. The molecule has 2 N–H and O–H groups in total. The molecule has 0 radical (unpaired) electrons. The van der Waals surface area contributed by atoms with Gasteiger partial charge in [0.05, 0.1) is 10.7 Å². The van der Waals surface area contributed by atoms with Crippen LogP contribution in [0.4, 0.5) is 15.3 Å². The molecule has 0 spiro atoms. The van der Waals surface area contributed by atoms with Crippen LogP contribution in [0.25, 0.3) is 0 Å². The van der Waals surface area contributed by atoms with Crippen molar-refractivity contribution in [3.8, 4) is 0 Å². The normalized spacial score (nSPS) is 34.0. The highest BCUT2D eigenvalue weighted by Gasteiger charge is 2.57. The quantitative estimate of drug-likeness (QED) is 0.431. The Morgan fingerprint density at radius 1 is 1.15 bits per heavy atom. The molecular weight excluding hydrogens is 448 g/mol. The first-order chi connectivity index (χ1) is 16.0. The van der Waals surface area contributed by atoms with E-state index < -0.39 is 12.1 Å². The van der Waals surface area contributed by atoms with Gasteiger partial charge in [-0.05, 0) is 73.3 Å². The van der Waals surface area contributed by atoms with Crippen LogP contribution in [-0.2, 0) is 4.74 Å². The van der Waals surface area contributed by atoms with Crippen molar-refractivity contribution in [2.75, 3.05) is 5.32 Å². The first-order valence-electron chi connectivity index (χ1n) is 12.4. The van der Waals surface area contributed by atoms with Gasteiger partial charge in [-0.1, -0.05) is 69.2 Å². The predicted molar refractivity (Wildman–Crippen MR) is 137 cm³/mol. The summed E-state index contributed by atoms with van der Waals surface area (Å²) in [6.45, 7) is 13.3. The standard InChI is InChI=1S/C28H37ClN2O3/c1-6-27(4)15-13-19-18(17-27)11-12-22-26(2,3)23(14-16-28(19,22)5)34-25(33)31-24(32)30-21-10-8-7-9-20(21)29/h6-10,13,18,22-23H,1,11-12,14-17H2,2-5H3,(H2,30,31,32,33)/t18-,22+,23+,27-,28-/m0/s1. The van der Waals surface area contributed by atoms with Crippen LogP contribution in [-0.4, -0.2) is 18.2 Å². The zero-order chi connectivity index (χ0) is 24.7. The molecule has 0 unspecified atom stereocenters. The molecule has 2 fully saturated rings. The SMILES string of the molecule is C=C[C@@]1(C)CC=C2[C@@H](CC[C@@H]3C(C)(C)[C@H](OC(=O)NC(=O)Nc4ccccc4Cl)CC[C@@]23C)C1. The van der Waals surface area contributed by atoms with Crippen LogP contribution in [0.5, 0.6) is 0 Å². The minimum atomic E-state index is -0.724. The number of carbonyl (C=O) groups excluding carboxylic acids is 2. The number of hydrogen-bond donors (Lipinski definition) is 2. The number of para-hydroxylation sites is 1. The molecule has 2 saturated carbocycles.